The van der Waals surface area contributed by atoms with Gasteiger partial charge in [-0.3, -0.25) is 10.1 Å². The molecular formula is C11H21NO2S. The van der Waals surface area contributed by atoms with Gasteiger partial charge < -0.3 is 5.11 Å². The summed E-state index contributed by atoms with van der Waals surface area (Å²) in [5, 5.41) is 12.6. The van der Waals surface area contributed by atoms with Crippen LogP contribution in [-0.2, 0) is 4.79 Å². The average molecular weight is 231 g/mol. The molecule has 0 aromatic carbocycles. The number of hydrogen-bond donors (Lipinski definition) is 2. The first-order chi connectivity index (χ1) is 6.97. The van der Waals surface area contributed by atoms with E-state index in [1.165, 1.54) is 19.3 Å². The van der Waals surface area contributed by atoms with Crippen molar-refractivity contribution in [1.82, 2.24) is 5.32 Å². The summed E-state index contributed by atoms with van der Waals surface area (Å²) in [7, 11) is 0. The number of thioether (sulfide) groups is 1. The first-order valence-electron chi connectivity index (χ1n) is 5.64. The number of aliphatic carboxylic acids is 1. The van der Waals surface area contributed by atoms with E-state index in [1.807, 2.05) is 13.8 Å². The van der Waals surface area contributed by atoms with Crippen molar-refractivity contribution < 1.29 is 9.90 Å². The van der Waals surface area contributed by atoms with Crippen molar-refractivity contribution in [3.63, 3.8) is 0 Å². The van der Waals surface area contributed by atoms with Gasteiger partial charge in [0.25, 0.3) is 0 Å². The third-order valence-corrected chi connectivity index (χ3v) is 4.31. The van der Waals surface area contributed by atoms with E-state index in [0.29, 0.717) is 5.37 Å². The summed E-state index contributed by atoms with van der Waals surface area (Å²) in [6, 6.07) is -0.408. The third kappa shape index (κ3) is 3.38. The van der Waals surface area contributed by atoms with E-state index in [-0.39, 0.29) is 4.75 Å². The van der Waals surface area contributed by atoms with E-state index < -0.39 is 12.0 Å². The molecule has 4 heteroatoms. The minimum Gasteiger partial charge on any atom is -0.480 e. The van der Waals surface area contributed by atoms with Crippen LogP contribution in [0.1, 0.15) is 46.5 Å². The lowest BCUT2D eigenvalue weighted by molar-refractivity contribution is -0.139. The lowest BCUT2D eigenvalue weighted by Gasteiger charge is -2.20. The van der Waals surface area contributed by atoms with Gasteiger partial charge in [0, 0.05) is 4.75 Å². The number of rotatable bonds is 5. The minimum absolute atomic E-state index is 0.192. The number of nitrogens with one attached hydrogen (secondary N) is 1. The van der Waals surface area contributed by atoms with Crippen molar-refractivity contribution in [3.8, 4) is 0 Å². The summed E-state index contributed by atoms with van der Waals surface area (Å²) in [5.74, 6) is -0.731. The zero-order valence-electron chi connectivity index (χ0n) is 9.75. The van der Waals surface area contributed by atoms with Crippen molar-refractivity contribution >= 4 is 17.7 Å². The van der Waals surface area contributed by atoms with Gasteiger partial charge in [-0.25, -0.2) is 0 Å². The molecule has 1 aliphatic heterocycles. The van der Waals surface area contributed by atoms with E-state index in [1.54, 1.807) is 11.8 Å². The summed E-state index contributed by atoms with van der Waals surface area (Å²) in [6.45, 7) is 6.19. The van der Waals surface area contributed by atoms with Gasteiger partial charge >= 0.3 is 5.97 Å². The molecule has 0 spiro atoms. The van der Waals surface area contributed by atoms with E-state index >= 15 is 0 Å². The van der Waals surface area contributed by atoms with Crippen LogP contribution >= 0.6 is 11.8 Å². The van der Waals surface area contributed by atoms with E-state index in [2.05, 4.69) is 12.2 Å². The molecule has 1 fully saturated rings. The Labute approximate surface area is 96.0 Å². The van der Waals surface area contributed by atoms with Crippen LogP contribution < -0.4 is 5.32 Å². The first-order valence-corrected chi connectivity index (χ1v) is 6.52. The molecule has 0 saturated carbocycles. The number of carboxylic acid groups (broad SMARTS) is 1. The second kappa shape index (κ2) is 5.21. The smallest absolute Gasteiger partial charge is 0.322 e. The van der Waals surface area contributed by atoms with Crippen molar-refractivity contribution in [3.05, 3.63) is 0 Å². The van der Waals surface area contributed by atoms with Crippen LogP contribution in [0.2, 0.25) is 0 Å². The monoisotopic (exact) mass is 231 g/mol. The zero-order valence-corrected chi connectivity index (χ0v) is 10.6. The third-order valence-electron chi connectivity index (χ3n) is 2.81. The molecule has 1 saturated heterocycles. The Balaban J connectivity index is 2.43. The summed E-state index contributed by atoms with van der Waals surface area (Å²) in [6.07, 6.45) is 4.70. The normalized spacial score (nSPS) is 29.3. The highest BCUT2D eigenvalue weighted by Gasteiger charge is 2.44. The SMILES string of the molecule is CCCCCC1NC(C(=O)O)C(C)(C)S1. The Morgan fingerprint density at radius 1 is 1.47 bits per heavy atom. The molecular weight excluding hydrogens is 210 g/mol. The van der Waals surface area contributed by atoms with Gasteiger partial charge in [0.05, 0.1) is 5.37 Å². The van der Waals surface area contributed by atoms with Crippen molar-refractivity contribution in [1.29, 1.82) is 0 Å². The van der Waals surface area contributed by atoms with Crippen molar-refractivity contribution in [2.24, 2.45) is 0 Å². The standard InChI is InChI=1S/C11H21NO2S/c1-4-5-6-7-8-12-9(10(13)14)11(2,3)15-8/h8-9,12H,4-7H2,1-3H3,(H,13,14). The fraction of sp³-hybridized carbons (Fsp3) is 0.909. The van der Waals surface area contributed by atoms with Crippen molar-refractivity contribution in [2.45, 2.75) is 62.6 Å². The molecule has 88 valence electrons. The van der Waals surface area contributed by atoms with Gasteiger partial charge in [0.2, 0.25) is 0 Å². The highest BCUT2D eigenvalue weighted by atomic mass is 32.2. The Bertz CT molecular complexity index is 231. The highest BCUT2D eigenvalue weighted by Crippen LogP contribution is 2.39. The minimum atomic E-state index is -0.731. The molecule has 0 aromatic rings. The lowest BCUT2D eigenvalue weighted by Crippen LogP contribution is -2.44. The molecule has 0 aromatic heterocycles. The van der Waals surface area contributed by atoms with Gasteiger partial charge in [-0.2, -0.15) is 0 Å². The maximum Gasteiger partial charge on any atom is 0.322 e. The molecule has 0 bridgehead atoms. The zero-order chi connectivity index (χ0) is 11.5. The van der Waals surface area contributed by atoms with E-state index in [9.17, 15) is 4.79 Å². The average Bonchev–Trinajstić information content (AvgIpc) is 2.41. The fourth-order valence-electron chi connectivity index (χ4n) is 1.95. The molecule has 3 nitrogen and oxygen atoms in total. The molecule has 1 aliphatic rings. The van der Waals surface area contributed by atoms with Gasteiger partial charge in [0.15, 0.2) is 0 Å². The Morgan fingerprint density at radius 2 is 2.13 bits per heavy atom. The molecule has 2 atom stereocenters. The maximum atomic E-state index is 11.0. The number of hydrogen-bond acceptors (Lipinski definition) is 3. The van der Waals surface area contributed by atoms with Crippen LogP contribution in [0.25, 0.3) is 0 Å². The molecule has 1 heterocycles. The van der Waals surface area contributed by atoms with Crippen LogP contribution in [0, 0.1) is 0 Å². The Hall–Kier alpha value is -0.220. The second-order valence-electron chi connectivity index (χ2n) is 4.64. The second-order valence-corrected chi connectivity index (χ2v) is 6.50. The van der Waals surface area contributed by atoms with Crippen LogP contribution in [0.15, 0.2) is 0 Å². The number of carboxylic acids is 1. The largest absolute Gasteiger partial charge is 0.480 e. The molecule has 2 unspecified atom stereocenters. The Morgan fingerprint density at radius 3 is 2.60 bits per heavy atom. The van der Waals surface area contributed by atoms with Crippen LogP contribution in [-0.4, -0.2) is 27.2 Å². The first kappa shape index (κ1) is 12.8. The van der Waals surface area contributed by atoms with Crippen LogP contribution in [0.5, 0.6) is 0 Å². The molecule has 0 aliphatic carbocycles. The van der Waals surface area contributed by atoms with Gasteiger partial charge in [-0.1, -0.05) is 26.2 Å². The topological polar surface area (TPSA) is 49.3 Å². The number of carbonyl (C=O) groups is 1. The predicted octanol–water partition coefficient (Wildman–Crippen LogP) is 2.46. The summed E-state index contributed by atoms with van der Waals surface area (Å²) in [4.78, 5) is 11.0. The Kier molecular flexibility index (Phi) is 4.46. The molecule has 2 N–H and O–H groups in total. The quantitative estimate of drug-likeness (QED) is 0.714. The predicted molar refractivity (Wildman–Crippen MR) is 64.2 cm³/mol. The summed E-state index contributed by atoms with van der Waals surface area (Å²) >= 11 is 1.76. The summed E-state index contributed by atoms with van der Waals surface area (Å²) in [5.41, 5.74) is 0. The van der Waals surface area contributed by atoms with Crippen LogP contribution in [0.4, 0.5) is 0 Å². The molecule has 15 heavy (non-hydrogen) atoms. The summed E-state index contributed by atoms with van der Waals surface area (Å²) < 4.78 is -0.192. The van der Waals surface area contributed by atoms with Gasteiger partial charge in [-0.05, 0) is 20.3 Å². The van der Waals surface area contributed by atoms with Gasteiger partial charge in [0.1, 0.15) is 6.04 Å². The molecule has 0 amide bonds. The van der Waals surface area contributed by atoms with Gasteiger partial charge in [-0.15, -0.1) is 11.8 Å². The maximum absolute atomic E-state index is 11.0. The molecule has 1 rings (SSSR count). The fourth-order valence-corrected chi connectivity index (χ4v) is 3.47. The lowest BCUT2D eigenvalue weighted by atomic mass is 10.0. The van der Waals surface area contributed by atoms with Crippen molar-refractivity contribution in [2.75, 3.05) is 0 Å². The molecule has 0 radical (unpaired) electrons. The van der Waals surface area contributed by atoms with E-state index in [0.717, 1.165) is 6.42 Å². The van der Waals surface area contributed by atoms with Crippen LogP contribution in [0.3, 0.4) is 0 Å². The highest BCUT2D eigenvalue weighted by molar-refractivity contribution is 8.01. The number of unbranched alkanes of at least 4 members (excludes halogenated alkanes) is 2. The van der Waals surface area contributed by atoms with E-state index in [4.69, 9.17) is 5.11 Å².